The lowest BCUT2D eigenvalue weighted by Gasteiger charge is -1.99. The number of halogens is 4. The SMILES string of the molecule is C.C.COC(=O)c1ncc(O)cc1F.O=C(O)c1ncc(F)cc1F.O=C(O)c1ncc(O)cc1F. The molecule has 0 unspecified atom stereocenters. The van der Waals surface area contributed by atoms with Crippen LogP contribution in [0.2, 0.25) is 0 Å². The number of methoxy groups -OCH3 is 1. The van der Waals surface area contributed by atoms with Crippen LogP contribution in [0.15, 0.2) is 36.8 Å². The maximum absolute atomic E-state index is 12.8. The molecule has 0 amide bonds. The molecule has 0 aliphatic carbocycles. The minimum absolute atomic E-state index is 0. The Hall–Kier alpha value is -4.82. The second-order valence-electron chi connectivity index (χ2n) is 5.63. The predicted octanol–water partition coefficient (Wildman–Crippen LogP) is 3.67. The molecule has 0 aliphatic heterocycles. The zero-order chi connectivity index (χ0) is 26.0. The van der Waals surface area contributed by atoms with Crippen molar-refractivity contribution in [2.24, 2.45) is 0 Å². The molecule has 0 bridgehead atoms. The Morgan fingerprint density at radius 3 is 1.39 bits per heavy atom. The van der Waals surface area contributed by atoms with Crippen molar-refractivity contribution in [3.63, 3.8) is 0 Å². The van der Waals surface area contributed by atoms with Crippen molar-refractivity contribution in [3.8, 4) is 11.5 Å². The Bertz CT molecular complexity index is 1150. The molecule has 0 saturated carbocycles. The summed E-state index contributed by atoms with van der Waals surface area (Å²) in [7, 11) is 1.12. The number of pyridine rings is 3. The number of carboxylic acid groups (broad SMARTS) is 2. The third-order valence-corrected chi connectivity index (χ3v) is 3.25. The van der Waals surface area contributed by atoms with Gasteiger partial charge >= 0.3 is 17.9 Å². The normalized spacial score (nSPS) is 9.03. The highest BCUT2D eigenvalue weighted by molar-refractivity contribution is 5.87. The standard InChI is InChI=1S/C7H6FNO3.C6H3F2NO2.C6H4FNO3.2CH4/c1-12-7(11)6-5(8)2-4(10)3-9-6;7-3-1-4(8)5(6(10)11)9-2-3;7-4-1-3(9)2-8-5(4)6(10)11;;/h2-3,10H,1H3;1-2H,(H,10,11);1-2,9H,(H,10,11);2*1H4. The van der Waals surface area contributed by atoms with Gasteiger partial charge < -0.3 is 25.2 Å². The number of rotatable bonds is 3. The molecule has 0 aliphatic rings. The molecule has 0 atom stereocenters. The van der Waals surface area contributed by atoms with Crippen LogP contribution >= 0.6 is 0 Å². The van der Waals surface area contributed by atoms with Crippen LogP contribution in [0.1, 0.15) is 46.3 Å². The topological polar surface area (TPSA) is 180 Å². The van der Waals surface area contributed by atoms with E-state index in [2.05, 4.69) is 19.7 Å². The number of aromatic hydroxyl groups is 2. The van der Waals surface area contributed by atoms with Crippen molar-refractivity contribution in [1.29, 1.82) is 0 Å². The van der Waals surface area contributed by atoms with Gasteiger partial charge in [0.05, 0.1) is 25.7 Å². The first-order chi connectivity index (χ1) is 15.9. The Labute approximate surface area is 201 Å². The highest BCUT2D eigenvalue weighted by atomic mass is 19.1. The van der Waals surface area contributed by atoms with E-state index in [0.717, 1.165) is 25.6 Å². The maximum atomic E-state index is 12.8. The molecule has 196 valence electrons. The number of aromatic nitrogens is 3. The Morgan fingerprint density at radius 2 is 1.06 bits per heavy atom. The van der Waals surface area contributed by atoms with Crippen molar-refractivity contribution >= 4 is 17.9 Å². The first-order valence-electron chi connectivity index (χ1n) is 8.42. The van der Waals surface area contributed by atoms with Crippen molar-refractivity contribution in [2.45, 2.75) is 14.9 Å². The minimum Gasteiger partial charge on any atom is -0.506 e. The first kappa shape index (κ1) is 33.4. The fourth-order valence-corrected chi connectivity index (χ4v) is 1.83. The summed E-state index contributed by atoms with van der Waals surface area (Å²) in [5.74, 6) is -8.57. The second kappa shape index (κ2) is 15.2. The molecule has 11 nitrogen and oxygen atoms in total. The molecule has 36 heavy (non-hydrogen) atoms. The van der Waals surface area contributed by atoms with Crippen LogP contribution in [0.5, 0.6) is 11.5 Å². The summed E-state index contributed by atoms with van der Waals surface area (Å²) >= 11 is 0. The maximum Gasteiger partial charge on any atom is 0.359 e. The van der Waals surface area contributed by atoms with E-state index in [9.17, 15) is 31.9 Å². The molecule has 3 aromatic heterocycles. The number of hydrogen-bond acceptors (Lipinski definition) is 9. The zero-order valence-corrected chi connectivity index (χ0v) is 16.7. The monoisotopic (exact) mass is 519 g/mol. The van der Waals surface area contributed by atoms with Crippen molar-refractivity contribution in [1.82, 2.24) is 15.0 Å². The highest BCUT2D eigenvalue weighted by Crippen LogP contribution is 2.12. The molecule has 0 spiro atoms. The second-order valence-corrected chi connectivity index (χ2v) is 5.63. The van der Waals surface area contributed by atoms with Crippen molar-refractivity contribution in [2.75, 3.05) is 7.11 Å². The van der Waals surface area contributed by atoms with E-state index in [0.29, 0.717) is 18.3 Å². The first-order valence-corrected chi connectivity index (χ1v) is 8.42. The lowest BCUT2D eigenvalue weighted by atomic mass is 10.3. The van der Waals surface area contributed by atoms with Gasteiger partial charge in [0, 0.05) is 18.2 Å². The van der Waals surface area contributed by atoms with Crippen LogP contribution in [-0.2, 0) is 4.74 Å². The fraction of sp³-hybridized carbons (Fsp3) is 0.143. The van der Waals surface area contributed by atoms with E-state index in [1.165, 1.54) is 0 Å². The lowest BCUT2D eigenvalue weighted by molar-refractivity contribution is 0.0586. The molecule has 0 saturated heterocycles. The molecule has 0 fully saturated rings. The van der Waals surface area contributed by atoms with Gasteiger partial charge in [0.15, 0.2) is 34.5 Å². The molecule has 3 heterocycles. The summed E-state index contributed by atoms with van der Waals surface area (Å²) in [4.78, 5) is 40.5. The quantitative estimate of drug-likeness (QED) is 0.293. The molecular weight excluding hydrogens is 498 g/mol. The smallest absolute Gasteiger partial charge is 0.359 e. The summed E-state index contributed by atoms with van der Waals surface area (Å²) in [5.41, 5.74) is -1.90. The number of esters is 1. The molecule has 0 radical (unpaired) electrons. The molecular formula is C21H21F4N3O8. The summed E-state index contributed by atoms with van der Waals surface area (Å²) in [5, 5.41) is 33.9. The van der Waals surface area contributed by atoms with E-state index < -0.39 is 64.0 Å². The van der Waals surface area contributed by atoms with Crippen LogP contribution in [-0.4, -0.2) is 60.4 Å². The predicted molar refractivity (Wildman–Crippen MR) is 115 cm³/mol. The number of carboxylic acids is 2. The third kappa shape index (κ3) is 9.98. The van der Waals surface area contributed by atoms with Gasteiger partial charge in [0.25, 0.3) is 0 Å². The summed E-state index contributed by atoms with van der Waals surface area (Å²) in [6, 6.07) is 1.95. The number of hydrogen-bond donors (Lipinski definition) is 4. The summed E-state index contributed by atoms with van der Waals surface area (Å²) < 4.78 is 54.0. The Kier molecular flexibility index (Phi) is 14.0. The highest BCUT2D eigenvalue weighted by Gasteiger charge is 2.14. The van der Waals surface area contributed by atoms with E-state index in [-0.39, 0.29) is 20.6 Å². The van der Waals surface area contributed by atoms with Gasteiger partial charge in [-0.2, -0.15) is 0 Å². The molecule has 0 aromatic carbocycles. The van der Waals surface area contributed by atoms with Gasteiger partial charge in [-0.3, -0.25) is 0 Å². The number of carbonyl (C=O) groups is 3. The van der Waals surface area contributed by atoms with Gasteiger partial charge in [-0.05, 0) is 0 Å². The van der Waals surface area contributed by atoms with Crippen molar-refractivity contribution < 1.29 is 57.1 Å². The number of aromatic carboxylic acids is 2. The van der Waals surface area contributed by atoms with E-state index in [4.69, 9.17) is 20.4 Å². The van der Waals surface area contributed by atoms with Gasteiger partial charge in [-0.25, -0.2) is 46.9 Å². The van der Waals surface area contributed by atoms with Crippen LogP contribution < -0.4 is 0 Å². The molecule has 15 heteroatoms. The molecule has 3 rings (SSSR count). The minimum atomic E-state index is -1.51. The number of ether oxygens (including phenoxy) is 1. The van der Waals surface area contributed by atoms with E-state index in [1.54, 1.807) is 0 Å². The average Bonchev–Trinajstić information content (AvgIpc) is 2.73. The van der Waals surface area contributed by atoms with E-state index in [1.807, 2.05) is 0 Å². The average molecular weight is 519 g/mol. The van der Waals surface area contributed by atoms with Crippen LogP contribution in [0.3, 0.4) is 0 Å². The van der Waals surface area contributed by atoms with Crippen LogP contribution in [0, 0.1) is 23.3 Å². The Balaban J connectivity index is 0. The van der Waals surface area contributed by atoms with Crippen molar-refractivity contribution in [3.05, 3.63) is 77.1 Å². The number of carbonyl (C=O) groups excluding carboxylic acids is 1. The van der Waals surface area contributed by atoms with E-state index >= 15 is 0 Å². The third-order valence-electron chi connectivity index (χ3n) is 3.25. The number of nitrogens with zero attached hydrogens (tertiary/aromatic N) is 3. The zero-order valence-electron chi connectivity index (χ0n) is 16.7. The molecule has 4 N–H and O–H groups in total. The van der Waals surface area contributed by atoms with Gasteiger partial charge in [-0.15, -0.1) is 0 Å². The summed E-state index contributed by atoms with van der Waals surface area (Å²) in [6.07, 6.45) is 2.48. The van der Waals surface area contributed by atoms with Gasteiger partial charge in [0.2, 0.25) is 0 Å². The fourth-order valence-electron chi connectivity index (χ4n) is 1.83. The van der Waals surface area contributed by atoms with Gasteiger partial charge in [0.1, 0.15) is 17.3 Å². The van der Waals surface area contributed by atoms with Gasteiger partial charge in [-0.1, -0.05) is 14.9 Å². The Morgan fingerprint density at radius 1 is 0.694 bits per heavy atom. The largest absolute Gasteiger partial charge is 0.506 e. The summed E-state index contributed by atoms with van der Waals surface area (Å²) in [6.45, 7) is 0. The lowest BCUT2D eigenvalue weighted by Crippen LogP contribution is -2.06. The van der Waals surface area contributed by atoms with Crippen LogP contribution in [0.4, 0.5) is 17.6 Å². The van der Waals surface area contributed by atoms with Crippen LogP contribution in [0.25, 0.3) is 0 Å². The molecule has 3 aromatic rings.